The van der Waals surface area contributed by atoms with Crippen molar-refractivity contribution in [3.05, 3.63) is 12.3 Å². The van der Waals surface area contributed by atoms with Crippen LogP contribution in [0.4, 0.5) is 0 Å². The van der Waals surface area contributed by atoms with E-state index in [4.69, 9.17) is 10.5 Å². The molecule has 0 aromatic carbocycles. The SMILES string of the molecule is NC(=O)C1=NCCOC=C1. The van der Waals surface area contributed by atoms with Crippen LogP contribution < -0.4 is 5.73 Å². The molecule has 4 heteroatoms. The number of nitrogens with zero attached hydrogens (tertiary/aromatic N) is 1. The van der Waals surface area contributed by atoms with Gasteiger partial charge in [0.15, 0.2) is 0 Å². The summed E-state index contributed by atoms with van der Waals surface area (Å²) in [6.45, 7) is 0.999. The molecule has 0 radical (unpaired) electrons. The third-order valence-corrected chi connectivity index (χ3v) is 1.07. The molecule has 0 aromatic rings. The quantitative estimate of drug-likeness (QED) is 0.531. The van der Waals surface area contributed by atoms with E-state index in [2.05, 4.69) is 4.99 Å². The number of carbonyl (C=O) groups is 1. The number of nitrogens with two attached hydrogens (primary N) is 1. The molecule has 0 saturated carbocycles. The maximum atomic E-state index is 10.5. The molecule has 0 aliphatic carbocycles. The normalized spacial score (nSPS) is 17.0. The fourth-order valence-electron chi connectivity index (χ4n) is 0.612. The highest BCUT2D eigenvalue weighted by Gasteiger charge is 2.03. The van der Waals surface area contributed by atoms with Crippen molar-refractivity contribution in [2.24, 2.45) is 10.7 Å². The van der Waals surface area contributed by atoms with E-state index < -0.39 is 5.91 Å². The van der Waals surface area contributed by atoms with E-state index in [1.54, 1.807) is 0 Å². The number of hydrogen-bond acceptors (Lipinski definition) is 3. The smallest absolute Gasteiger partial charge is 0.266 e. The lowest BCUT2D eigenvalue weighted by atomic mass is 10.3. The maximum absolute atomic E-state index is 10.5. The molecule has 0 saturated heterocycles. The third-order valence-electron chi connectivity index (χ3n) is 1.07. The molecule has 1 amide bonds. The molecule has 0 spiro atoms. The Balaban J connectivity index is 2.70. The van der Waals surface area contributed by atoms with Crippen LogP contribution in [-0.4, -0.2) is 24.8 Å². The Morgan fingerprint density at radius 3 is 3.30 bits per heavy atom. The summed E-state index contributed by atoms with van der Waals surface area (Å²) in [6, 6.07) is 0. The van der Waals surface area contributed by atoms with Gasteiger partial charge in [-0.2, -0.15) is 0 Å². The van der Waals surface area contributed by atoms with Crippen LogP contribution in [0.2, 0.25) is 0 Å². The lowest BCUT2D eigenvalue weighted by molar-refractivity contribution is -0.111. The van der Waals surface area contributed by atoms with Gasteiger partial charge in [-0.05, 0) is 0 Å². The van der Waals surface area contributed by atoms with E-state index in [9.17, 15) is 4.79 Å². The number of aliphatic imine (C=N–C) groups is 1. The molecule has 0 bridgehead atoms. The first-order valence-corrected chi connectivity index (χ1v) is 2.93. The average molecular weight is 140 g/mol. The van der Waals surface area contributed by atoms with E-state index in [0.717, 1.165) is 0 Å². The minimum Gasteiger partial charge on any atom is -0.499 e. The molecule has 10 heavy (non-hydrogen) atoms. The van der Waals surface area contributed by atoms with Gasteiger partial charge in [-0.3, -0.25) is 9.79 Å². The van der Waals surface area contributed by atoms with Crippen LogP contribution in [0.3, 0.4) is 0 Å². The van der Waals surface area contributed by atoms with E-state index in [-0.39, 0.29) is 5.71 Å². The summed E-state index contributed by atoms with van der Waals surface area (Å²) in [5.41, 5.74) is 5.24. The minimum atomic E-state index is -0.512. The molecule has 4 nitrogen and oxygen atoms in total. The van der Waals surface area contributed by atoms with Gasteiger partial charge in [0.05, 0.1) is 12.8 Å². The molecule has 1 aliphatic heterocycles. The first kappa shape index (κ1) is 6.80. The number of primary amides is 1. The Morgan fingerprint density at radius 1 is 1.80 bits per heavy atom. The fourth-order valence-corrected chi connectivity index (χ4v) is 0.612. The fraction of sp³-hybridized carbons (Fsp3) is 0.333. The topological polar surface area (TPSA) is 64.7 Å². The van der Waals surface area contributed by atoms with Gasteiger partial charge in [-0.15, -0.1) is 0 Å². The summed E-state index contributed by atoms with van der Waals surface area (Å²) in [7, 11) is 0. The van der Waals surface area contributed by atoms with Gasteiger partial charge in [0.2, 0.25) is 0 Å². The van der Waals surface area contributed by atoms with E-state index >= 15 is 0 Å². The number of carbonyl (C=O) groups excluding carboxylic acids is 1. The molecular formula is C6H8N2O2. The molecule has 0 fully saturated rings. The van der Waals surface area contributed by atoms with Crippen LogP contribution in [-0.2, 0) is 9.53 Å². The van der Waals surface area contributed by atoms with E-state index in [1.165, 1.54) is 12.3 Å². The van der Waals surface area contributed by atoms with Crippen molar-refractivity contribution in [2.75, 3.05) is 13.2 Å². The van der Waals surface area contributed by atoms with Crippen molar-refractivity contribution in [1.29, 1.82) is 0 Å². The van der Waals surface area contributed by atoms with Crippen molar-refractivity contribution >= 4 is 11.6 Å². The van der Waals surface area contributed by atoms with Crippen molar-refractivity contribution in [1.82, 2.24) is 0 Å². The summed E-state index contributed by atoms with van der Waals surface area (Å²) in [6.07, 6.45) is 2.89. The van der Waals surface area contributed by atoms with Crippen molar-refractivity contribution in [2.45, 2.75) is 0 Å². The van der Waals surface area contributed by atoms with Crippen molar-refractivity contribution < 1.29 is 9.53 Å². The van der Waals surface area contributed by atoms with Gasteiger partial charge in [-0.1, -0.05) is 0 Å². The average Bonchev–Trinajstić information content (AvgIpc) is 2.12. The zero-order chi connectivity index (χ0) is 7.40. The van der Waals surface area contributed by atoms with Gasteiger partial charge >= 0.3 is 0 Å². The van der Waals surface area contributed by atoms with E-state index in [0.29, 0.717) is 13.2 Å². The molecule has 0 aromatic heterocycles. The predicted octanol–water partition coefficient (Wildman–Crippen LogP) is -0.543. The highest BCUT2D eigenvalue weighted by atomic mass is 16.5. The van der Waals surface area contributed by atoms with Crippen LogP contribution in [0, 0.1) is 0 Å². The lowest BCUT2D eigenvalue weighted by Crippen LogP contribution is -2.21. The zero-order valence-corrected chi connectivity index (χ0v) is 5.41. The standard InChI is InChI=1S/C6H8N2O2/c7-6(9)5-1-3-10-4-2-8-5/h1,3H,2,4H2,(H2,7,9). The molecule has 54 valence electrons. The summed E-state index contributed by atoms with van der Waals surface area (Å²) in [4.78, 5) is 14.3. The molecule has 1 aliphatic rings. The van der Waals surface area contributed by atoms with Crippen molar-refractivity contribution in [3.63, 3.8) is 0 Å². The Hall–Kier alpha value is -1.32. The lowest BCUT2D eigenvalue weighted by Gasteiger charge is -1.90. The first-order valence-electron chi connectivity index (χ1n) is 2.93. The Labute approximate surface area is 58.4 Å². The van der Waals surface area contributed by atoms with Crippen LogP contribution in [0.5, 0.6) is 0 Å². The Bertz CT molecular complexity index is 196. The van der Waals surface area contributed by atoms with Gasteiger partial charge in [-0.25, -0.2) is 0 Å². The van der Waals surface area contributed by atoms with Gasteiger partial charge < -0.3 is 10.5 Å². The van der Waals surface area contributed by atoms with Crippen LogP contribution in [0.15, 0.2) is 17.3 Å². The molecule has 2 N–H and O–H groups in total. The number of amides is 1. The zero-order valence-electron chi connectivity index (χ0n) is 5.41. The predicted molar refractivity (Wildman–Crippen MR) is 36.6 cm³/mol. The van der Waals surface area contributed by atoms with Gasteiger partial charge in [0.1, 0.15) is 12.3 Å². The van der Waals surface area contributed by atoms with Crippen LogP contribution in [0.1, 0.15) is 0 Å². The third kappa shape index (κ3) is 1.58. The van der Waals surface area contributed by atoms with Crippen molar-refractivity contribution in [3.8, 4) is 0 Å². The molecule has 1 rings (SSSR count). The summed E-state index contributed by atoms with van der Waals surface area (Å²) in [5.74, 6) is -0.512. The number of rotatable bonds is 1. The monoisotopic (exact) mass is 140 g/mol. The van der Waals surface area contributed by atoms with Gasteiger partial charge in [0, 0.05) is 6.08 Å². The molecule has 0 unspecified atom stereocenters. The Kier molecular flexibility index (Phi) is 2.04. The summed E-state index contributed by atoms with van der Waals surface area (Å²) in [5, 5.41) is 0. The van der Waals surface area contributed by atoms with Crippen LogP contribution >= 0.6 is 0 Å². The first-order chi connectivity index (χ1) is 4.80. The van der Waals surface area contributed by atoms with Crippen LogP contribution in [0.25, 0.3) is 0 Å². The Morgan fingerprint density at radius 2 is 2.60 bits per heavy atom. The molecule has 1 heterocycles. The second-order valence-electron chi connectivity index (χ2n) is 1.80. The second kappa shape index (κ2) is 3.00. The molecule has 0 atom stereocenters. The minimum absolute atomic E-state index is 0.275. The number of ether oxygens (including phenoxy) is 1. The summed E-state index contributed by atoms with van der Waals surface area (Å²) >= 11 is 0. The highest BCUT2D eigenvalue weighted by Crippen LogP contribution is 1.90. The highest BCUT2D eigenvalue weighted by molar-refractivity contribution is 6.42. The second-order valence-corrected chi connectivity index (χ2v) is 1.80. The maximum Gasteiger partial charge on any atom is 0.266 e. The molecular weight excluding hydrogens is 132 g/mol. The number of hydrogen-bond donors (Lipinski definition) is 1. The largest absolute Gasteiger partial charge is 0.499 e. The van der Waals surface area contributed by atoms with Gasteiger partial charge in [0.25, 0.3) is 5.91 Å². The summed E-state index contributed by atoms with van der Waals surface area (Å²) < 4.78 is 4.87. The van der Waals surface area contributed by atoms with E-state index in [1.807, 2.05) is 0 Å².